The van der Waals surface area contributed by atoms with E-state index >= 15 is 0 Å². The second-order valence-electron chi connectivity index (χ2n) is 5.81. The Kier molecular flexibility index (Phi) is 4.37. The van der Waals surface area contributed by atoms with Gasteiger partial charge in [0.25, 0.3) is 0 Å². The zero-order valence-electron chi connectivity index (χ0n) is 12.9. The molecular weight excluding hydrogens is 258 g/mol. The number of rotatable bonds is 5. The van der Waals surface area contributed by atoms with Crippen LogP contribution in [0.25, 0.3) is 11.1 Å². The Balaban J connectivity index is 1.94. The van der Waals surface area contributed by atoms with Crippen molar-refractivity contribution in [3.8, 4) is 11.1 Å². The first-order chi connectivity index (χ1) is 10.3. The molecule has 0 saturated heterocycles. The number of benzene rings is 2. The highest BCUT2D eigenvalue weighted by atomic mass is 16.5. The van der Waals surface area contributed by atoms with Gasteiger partial charge in [-0.05, 0) is 53.8 Å². The number of aryl methyl sites for hydroxylation is 1. The van der Waals surface area contributed by atoms with Gasteiger partial charge in [-0.3, -0.25) is 0 Å². The minimum atomic E-state index is 0.748. The van der Waals surface area contributed by atoms with Gasteiger partial charge in [0.05, 0.1) is 13.2 Å². The van der Waals surface area contributed by atoms with Crippen LogP contribution in [-0.4, -0.2) is 6.54 Å². The molecule has 0 bridgehead atoms. The molecule has 2 aromatic rings. The van der Waals surface area contributed by atoms with E-state index in [-0.39, 0.29) is 0 Å². The molecule has 0 aliphatic carbocycles. The molecular formula is C19H23NO. The highest BCUT2D eigenvalue weighted by Crippen LogP contribution is 2.30. The fraction of sp³-hybridized carbons (Fsp3) is 0.368. The van der Waals surface area contributed by atoms with Crippen molar-refractivity contribution >= 4 is 0 Å². The van der Waals surface area contributed by atoms with E-state index in [4.69, 9.17) is 4.74 Å². The van der Waals surface area contributed by atoms with Crippen LogP contribution < -0.4 is 5.32 Å². The second kappa shape index (κ2) is 6.42. The first-order valence-corrected chi connectivity index (χ1v) is 7.78. The van der Waals surface area contributed by atoms with Crippen LogP contribution in [0.3, 0.4) is 0 Å². The van der Waals surface area contributed by atoms with E-state index < -0.39 is 0 Å². The minimum Gasteiger partial charge on any atom is -0.372 e. The topological polar surface area (TPSA) is 21.3 Å². The summed E-state index contributed by atoms with van der Waals surface area (Å²) >= 11 is 0. The van der Waals surface area contributed by atoms with Crippen LogP contribution in [0.15, 0.2) is 36.4 Å². The molecule has 0 aromatic heterocycles. The fourth-order valence-electron chi connectivity index (χ4n) is 2.85. The molecule has 0 unspecified atom stereocenters. The highest BCUT2D eigenvalue weighted by Gasteiger charge is 2.13. The minimum absolute atomic E-state index is 0.748. The average Bonchev–Trinajstić information content (AvgIpc) is 2.96. The van der Waals surface area contributed by atoms with Crippen LogP contribution in [0.5, 0.6) is 0 Å². The molecule has 0 saturated carbocycles. The summed E-state index contributed by atoms with van der Waals surface area (Å²) in [7, 11) is 0. The zero-order chi connectivity index (χ0) is 14.7. The Morgan fingerprint density at radius 1 is 1.05 bits per heavy atom. The predicted molar refractivity (Wildman–Crippen MR) is 87.1 cm³/mol. The van der Waals surface area contributed by atoms with Crippen molar-refractivity contribution in [3.05, 3.63) is 58.7 Å². The maximum Gasteiger partial charge on any atom is 0.0725 e. The molecule has 2 aromatic carbocycles. The molecule has 1 aliphatic heterocycles. The van der Waals surface area contributed by atoms with E-state index in [1.807, 2.05) is 0 Å². The quantitative estimate of drug-likeness (QED) is 0.830. The zero-order valence-corrected chi connectivity index (χ0v) is 12.9. The molecule has 1 N–H and O–H groups in total. The van der Waals surface area contributed by atoms with Crippen molar-refractivity contribution in [1.29, 1.82) is 0 Å². The van der Waals surface area contributed by atoms with Gasteiger partial charge in [0.2, 0.25) is 0 Å². The Morgan fingerprint density at radius 3 is 2.76 bits per heavy atom. The maximum atomic E-state index is 5.53. The number of hydrogen-bond donors (Lipinski definition) is 1. The molecule has 0 amide bonds. The lowest BCUT2D eigenvalue weighted by atomic mass is 9.95. The molecule has 1 aliphatic rings. The Bertz CT molecular complexity index is 633. The molecule has 1 heterocycles. The van der Waals surface area contributed by atoms with Crippen LogP contribution in [0, 0.1) is 6.92 Å². The SMILES string of the molecule is CCCNCc1ccc(C)cc1-c1ccc2c(c1)COC2. The van der Waals surface area contributed by atoms with Gasteiger partial charge in [-0.2, -0.15) is 0 Å². The van der Waals surface area contributed by atoms with E-state index in [1.165, 1.54) is 33.4 Å². The van der Waals surface area contributed by atoms with Crippen molar-refractivity contribution in [2.45, 2.75) is 40.0 Å². The molecule has 3 rings (SSSR count). The lowest BCUT2D eigenvalue weighted by Crippen LogP contribution is -2.14. The van der Waals surface area contributed by atoms with Crippen molar-refractivity contribution in [2.75, 3.05) is 6.54 Å². The van der Waals surface area contributed by atoms with E-state index in [9.17, 15) is 0 Å². The standard InChI is InChI=1S/C19H23NO/c1-3-8-20-11-16-5-4-14(2)9-19(16)15-6-7-17-12-21-13-18(17)10-15/h4-7,9-10,20H,3,8,11-13H2,1-2H3. The predicted octanol–water partition coefficient (Wildman–Crippen LogP) is 4.19. The molecule has 0 spiro atoms. The van der Waals surface area contributed by atoms with Crippen molar-refractivity contribution in [2.24, 2.45) is 0 Å². The largest absolute Gasteiger partial charge is 0.372 e. The summed E-state index contributed by atoms with van der Waals surface area (Å²) in [5.74, 6) is 0. The van der Waals surface area contributed by atoms with Crippen molar-refractivity contribution in [3.63, 3.8) is 0 Å². The summed E-state index contributed by atoms with van der Waals surface area (Å²) in [5.41, 5.74) is 7.98. The summed E-state index contributed by atoms with van der Waals surface area (Å²) in [4.78, 5) is 0. The highest BCUT2D eigenvalue weighted by molar-refractivity contribution is 5.69. The summed E-state index contributed by atoms with van der Waals surface area (Å²) in [5, 5.41) is 3.51. The van der Waals surface area contributed by atoms with Gasteiger partial charge in [0, 0.05) is 6.54 Å². The van der Waals surface area contributed by atoms with Crippen LogP contribution in [0.2, 0.25) is 0 Å². The van der Waals surface area contributed by atoms with E-state index in [2.05, 4.69) is 55.6 Å². The van der Waals surface area contributed by atoms with Gasteiger partial charge >= 0.3 is 0 Å². The van der Waals surface area contributed by atoms with E-state index in [0.29, 0.717) is 0 Å². The van der Waals surface area contributed by atoms with Gasteiger partial charge < -0.3 is 10.1 Å². The van der Waals surface area contributed by atoms with Crippen LogP contribution >= 0.6 is 0 Å². The van der Waals surface area contributed by atoms with Crippen molar-refractivity contribution < 1.29 is 4.74 Å². The van der Waals surface area contributed by atoms with Gasteiger partial charge in [0.15, 0.2) is 0 Å². The van der Waals surface area contributed by atoms with Gasteiger partial charge in [0.1, 0.15) is 0 Å². The number of ether oxygens (including phenoxy) is 1. The van der Waals surface area contributed by atoms with Crippen LogP contribution in [0.1, 0.15) is 35.6 Å². The lowest BCUT2D eigenvalue weighted by Gasteiger charge is -2.13. The molecule has 2 nitrogen and oxygen atoms in total. The lowest BCUT2D eigenvalue weighted by molar-refractivity contribution is 0.134. The van der Waals surface area contributed by atoms with E-state index in [0.717, 1.165) is 32.7 Å². The number of hydrogen-bond acceptors (Lipinski definition) is 2. The maximum absolute atomic E-state index is 5.53. The summed E-state index contributed by atoms with van der Waals surface area (Å²) in [6, 6.07) is 13.5. The second-order valence-corrected chi connectivity index (χ2v) is 5.81. The summed E-state index contributed by atoms with van der Waals surface area (Å²) in [6.45, 7) is 7.85. The number of fused-ring (bicyclic) bond motifs is 1. The molecule has 0 radical (unpaired) electrons. The van der Waals surface area contributed by atoms with E-state index in [1.54, 1.807) is 0 Å². The molecule has 0 atom stereocenters. The van der Waals surface area contributed by atoms with Gasteiger partial charge in [-0.1, -0.05) is 42.8 Å². The number of nitrogens with one attached hydrogen (secondary N) is 1. The third kappa shape index (κ3) is 3.17. The van der Waals surface area contributed by atoms with Gasteiger partial charge in [-0.25, -0.2) is 0 Å². The third-order valence-corrected chi connectivity index (χ3v) is 4.04. The Morgan fingerprint density at radius 2 is 1.90 bits per heavy atom. The van der Waals surface area contributed by atoms with Crippen LogP contribution in [0.4, 0.5) is 0 Å². The smallest absolute Gasteiger partial charge is 0.0725 e. The first-order valence-electron chi connectivity index (χ1n) is 7.78. The van der Waals surface area contributed by atoms with Crippen LogP contribution in [-0.2, 0) is 24.5 Å². The first kappa shape index (κ1) is 14.3. The molecule has 110 valence electrons. The average molecular weight is 281 g/mol. The molecule has 2 heteroatoms. The monoisotopic (exact) mass is 281 g/mol. The molecule has 0 fully saturated rings. The Hall–Kier alpha value is -1.64. The fourth-order valence-corrected chi connectivity index (χ4v) is 2.85. The van der Waals surface area contributed by atoms with Crippen molar-refractivity contribution in [1.82, 2.24) is 5.32 Å². The Labute approximate surface area is 127 Å². The van der Waals surface area contributed by atoms with Gasteiger partial charge in [-0.15, -0.1) is 0 Å². The molecule has 21 heavy (non-hydrogen) atoms. The normalized spacial score (nSPS) is 13.4. The third-order valence-electron chi connectivity index (χ3n) is 4.04. The summed E-state index contributed by atoms with van der Waals surface area (Å²) in [6.07, 6.45) is 1.16. The summed E-state index contributed by atoms with van der Waals surface area (Å²) < 4.78 is 5.53.